The molecule has 1 saturated heterocycles. The Morgan fingerprint density at radius 3 is 3.16 bits per heavy atom. The zero-order valence-electron chi connectivity index (χ0n) is 11.6. The van der Waals surface area contributed by atoms with Crippen LogP contribution in [0.15, 0.2) is 4.99 Å². The van der Waals surface area contributed by atoms with Crippen molar-refractivity contribution < 1.29 is 0 Å². The maximum Gasteiger partial charge on any atom is 0.189 e. The average Bonchev–Trinajstić information content (AvgIpc) is 3.02. The fraction of sp³-hybridized carbons (Fsp3) is 0.750. The molecule has 0 radical (unpaired) electrons. The quantitative estimate of drug-likeness (QED) is 0.615. The van der Waals surface area contributed by atoms with Gasteiger partial charge in [0, 0.05) is 12.6 Å². The number of nitrogens with zero attached hydrogens (tertiary/aromatic N) is 4. The van der Waals surface area contributed by atoms with E-state index in [-0.39, 0.29) is 0 Å². The second-order valence-corrected chi connectivity index (χ2v) is 5.63. The summed E-state index contributed by atoms with van der Waals surface area (Å²) in [6, 6.07) is 0.588. The highest BCUT2D eigenvalue weighted by Crippen LogP contribution is 2.15. The fourth-order valence-electron chi connectivity index (χ4n) is 2.37. The van der Waals surface area contributed by atoms with Gasteiger partial charge in [0.15, 0.2) is 5.96 Å². The van der Waals surface area contributed by atoms with Crippen LogP contribution in [0.5, 0.6) is 0 Å². The van der Waals surface area contributed by atoms with Crippen LogP contribution in [0.25, 0.3) is 0 Å². The van der Waals surface area contributed by atoms with E-state index in [4.69, 9.17) is 5.73 Å². The minimum atomic E-state index is 0.510. The van der Waals surface area contributed by atoms with Crippen LogP contribution in [-0.2, 0) is 6.54 Å². The highest BCUT2D eigenvalue weighted by Gasteiger charge is 2.22. The van der Waals surface area contributed by atoms with Crippen LogP contribution in [-0.4, -0.2) is 46.1 Å². The number of aryl methyl sites for hydroxylation is 1. The van der Waals surface area contributed by atoms with Gasteiger partial charge in [-0.1, -0.05) is 11.4 Å². The normalized spacial score (nSPS) is 20.9. The van der Waals surface area contributed by atoms with E-state index in [0.29, 0.717) is 18.5 Å². The molecule has 0 aliphatic carbocycles. The third-order valence-corrected chi connectivity index (χ3v) is 4.37. The standard InChI is InChI=1S/C12H22N6S/c1-3-18-6-4-5-10(18)7-14-12(13)15-8-11-9(2)16-17-19-11/h10H,3-8H2,1-2H3,(H3,13,14,15). The van der Waals surface area contributed by atoms with Crippen molar-refractivity contribution in [3.8, 4) is 0 Å². The van der Waals surface area contributed by atoms with E-state index in [1.165, 1.54) is 30.9 Å². The first-order chi connectivity index (χ1) is 9.20. The maximum atomic E-state index is 5.89. The van der Waals surface area contributed by atoms with Crippen LogP contribution < -0.4 is 11.1 Å². The summed E-state index contributed by atoms with van der Waals surface area (Å²) >= 11 is 1.38. The van der Waals surface area contributed by atoms with Crippen LogP contribution >= 0.6 is 11.5 Å². The Bertz CT molecular complexity index is 430. The number of likely N-dealkylation sites (tertiary alicyclic amines) is 1. The molecule has 19 heavy (non-hydrogen) atoms. The van der Waals surface area contributed by atoms with Crippen LogP contribution in [0.3, 0.4) is 0 Å². The Labute approximate surface area is 118 Å². The molecule has 3 N–H and O–H groups in total. The summed E-state index contributed by atoms with van der Waals surface area (Å²) in [6.45, 7) is 7.89. The van der Waals surface area contributed by atoms with Crippen LogP contribution in [0.2, 0.25) is 0 Å². The molecule has 0 bridgehead atoms. The Hall–Kier alpha value is -1.21. The van der Waals surface area contributed by atoms with Crippen molar-refractivity contribution in [3.63, 3.8) is 0 Å². The first kappa shape index (κ1) is 14.2. The zero-order valence-corrected chi connectivity index (χ0v) is 12.4. The van der Waals surface area contributed by atoms with Crippen molar-refractivity contribution in [1.82, 2.24) is 19.8 Å². The van der Waals surface area contributed by atoms with Gasteiger partial charge >= 0.3 is 0 Å². The third-order valence-electron chi connectivity index (χ3n) is 3.56. The molecule has 1 aromatic heterocycles. The lowest BCUT2D eigenvalue weighted by Gasteiger charge is -2.23. The molecule has 1 aromatic rings. The molecule has 1 unspecified atom stereocenters. The molecule has 0 aromatic carbocycles. The van der Waals surface area contributed by atoms with E-state index >= 15 is 0 Å². The number of hydrogen-bond donors (Lipinski definition) is 2. The van der Waals surface area contributed by atoms with Gasteiger partial charge in [0.2, 0.25) is 0 Å². The van der Waals surface area contributed by atoms with Crippen molar-refractivity contribution >= 4 is 17.5 Å². The summed E-state index contributed by atoms with van der Waals surface area (Å²) in [6.07, 6.45) is 2.52. The van der Waals surface area contributed by atoms with Gasteiger partial charge in [-0.25, -0.2) is 4.99 Å². The molecule has 0 spiro atoms. The molecule has 1 fully saturated rings. The molecule has 106 valence electrons. The molecule has 0 amide bonds. The number of aliphatic imine (C=N–C) groups is 1. The van der Waals surface area contributed by atoms with Gasteiger partial charge in [0.25, 0.3) is 0 Å². The summed E-state index contributed by atoms with van der Waals surface area (Å²) in [4.78, 5) is 7.89. The topological polar surface area (TPSA) is 79.4 Å². The summed E-state index contributed by atoms with van der Waals surface area (Å²) in [5.41, 5.74) is 6.83. The van der Waals surface area contributed by atoms with E-state index in [1.54, 1.807) is 0 Å². The molecule has 7 heteroatoms. The minimum Gasteiger partial charge on any atom is -0.370 e. The van der Waals surface area contributed by atoms with E-state index in [2.05, 4.69) is 31.7 Å². The summed E-state index contributed by atoms with van der Waals surface area (Å²) in [5, 5.41) is 7.18. The number of hydrogen-bond acceptors (Lipinski definition) is 5. The second kappa shape index (κ2) is 6.81. The lowest BCUT2D eigenvalue weighted by atomic mass is 10.2. The molecule has 1 aliphatic rings. The molecule has 6 nitrogen and oxygen atoms in total. The zero-order chi connectivity index (χ0) is 13.7. The number of aromatic nitrogens is 2. The van der Waals surface area contributed by atoms with Crippen LogP contribution in [0.4, 0.5) is 0 Å². The number of nitrogens with two attached hydrogens (primary N) is 1. The van der Waals surface area contributed by atoms with Gasteiger partial charge in [0.05, 0.1) is 17.1 Å². The number of rotatable bonds is 5. The monoisotopic (exact) mass is 282 g/mol. The van der Waals surface area contributed by atoms with Crippen molar-refractivity contribution in [2.75, 3.05) is 19.6 Å². The van der Waals surface area contributed by atoms with E-state index in [9.17, 15) is 0 Å². The van der Waals surface area contributed by atoms with E-state index in [0.717, 1.165) is 23.7 Å². The maximum absolute atomic E-state index is 5.89. The van der Waals surface area contributed by atoms with Crippen LogP contribution in [0.1, 0.15) is 30.3 Å². The van der Waals surface area contributed by atoms with Crippen molar-refractivity contribution in [1.29, 1.82) is 0 Å². The molecule has 0 saturated carbocycles. The highest BCUT2D eigenvalue weighted by atomic mass is 32.1. The van der Waals surface area contributed by atoms with Crippen molar-refractivity contribution in [3.05, 3.63) is 10.6 Å². The Kier molecular flexibility index (Phi) is 5.09. The largest absolute Gasteiger partial charge is 0.370 e. The van der Waals surface area contributed by atoms with E-state index < -0.39 is 0 Å². The van der Waals surface area contributed by atoms with Gasteiger partial charge in [-0.3, -0.25) is 4.90 Å². The number of guanidine groups is 1. The Balaban J connectivity index is 1.77. The molecular weight excluding hydrogens is 260 g/mol. The molecule has 1 aliphatic heterocycles. The molecule has 2 heterocycles. The molecule has 1 atom stereocenters. The minimum absolute atomic E-state index is 0.510. The van der Waals surface area contributed by atoms with E-state index in [1.807, 2.05) is 6.92 Å². The van der Waals surface area contributed by atoms with Gasteiger partial charge in [-0.2, -0.15) is 0 Å². The second-order valence-electron chi connectivity index (χ2n) is 4.79. The molecule has 2 rings (SSSR count). The predicted molar refractivity (Wildman–Crippen MR) is 78.2 cm³/mol. The summed E-state index contributed by atoms with van der Waals surface area (Å²) in [7, 11) is 0. The highest BCUT2D eigenvalue weighted by molar-refractivity contribution is 7.05. The Morgan fingerprint density at radius 1 is 1.63 bits per heavy atom. The van der Waals surface area contributed by atoms with Gasteiger partial charge in [-0.15, -0.1) is 5.10 Å². The predicted octanol–water partition coefficient (Wildman–Crippen LogP) is 0.735. The van der Waals surface area contributed by atoms with Gasteiger partial charge in [-0.05, 0) is 44.4 Å². The van der Waals surface area contributed by atoms with Gasteiger partial charge in [0.1, 0.15) is 0 Å². The lowest BCUT2D eigenvalue weighted by Crippen LogP contribution is -2.42. The molecular formula is C12H22N6S. The van der Waals surface area contributed by atoms with Crippen LogP contribution in [0, 0.1) is 6.92 Å². The smallest absolute Gasteiger partial charge is 0.189 e. The number of likely N-dealkylation sites (N-methyl/N-ethyl adjacent to an activating group) is 1. The lowest BCUT2D eigenvalue weighted by molar-refractivity contribution is 0.267. The third kappa shape index (κ3) is 3.87. The number of nitrogens with one attached hydrogen (secondary N) is 1. The summed E-state index contributed by atoms with van der Waals surface area (Å²) in [5.74, 6) is 0.510. The summed E-state index contributed by atoms with van der Waals surface area (Å²) < 4.78 is 3.88. The Morgan fingerprint density at radius 2 is 2.47 bits per heavy atom. The fourth-order valence-corrected chi connectivity index (χ4v) is 2.93. The SMILES string of the molecule is CCN1CCCC1CNC(N)=NCc1snnc1C. The average molecular weight is 282 g/mol. The first-order valence-electron chi connectivity index (χ1n) is 6.76. The first-order valence-corrected chi connectivity index (χ1v) is 7.53. The van der Waals surface area contributed by atoms with Crippen molar-refractivity contribution in [2.45, 2.75) is 39.3 Å². The van der Waals surface area contributed by atoms with Crippen molar-refractivity contribution in [2.24, 2.45) is 10.7 Å². The van der Waals surface area contributed by atoms with Gasteiger partial charge < -0.3 is 11.1 Å².